The van der Waals surface area contributed by atoms with Crippen LogP contribution in [0.5, 0.6) is 11.5 Å². The zero-order valence-electron chi connectivity index (χ0n) is 12.5. The summed E-state index contributed by atoms with van der Waals surface area (Å²) in [5.41, 5.74) is 2.16. The summed E-state index contributed by atoms with van der Waals surface area (Å²) in [6.45, 7) is 2.15. The van der Waals surface area contributed by atoms with Gasteiger partial charge in [0.1, 0.15) is 11.5 Å². The Bertz CT molecular complexity index is 601. The number of anilines is 1. The molecular weight excluding hydrogens is 330 g/mol. The highest BCUT2D eigenvalue weighted by Crippen LogP contribution is 2.34. The molecule has 0 aliphatic heterocycles. The minimum Gasteiger partial charge on any atom is -0.497 e. The third-order valence-corrected chi connectivity index (χ3v) is 4.12. The average molecular weight is 350 g/mol. The van der Waals surface area contributed by atoms with E-state index in [1.807, 2.05) is 36.4 Å². The summed E-state index contributed by atoms with van der Waals surface area (Å²) in [6, 6.07) is 14.2. The van der Waals surface area contributed by atoms with E-state index >= 15 is 0 Å². The zero-order chi connectivity index (χ0) is 15.2. The number of para-hydroxylation sites is 1. The van der Waals surface area contributed by atoms with Crippen molar-refractivity contribution in [2.24, 2.45) is 0 Å². The van der Waals surface area contributed by atoms with Gasteiger partial charge in [-0.25, -0.2) is 0 Å². The molecule has 2 rings (SSSR count). The van der Waals surface area contributed by atoms with Crippen molar-refractivity contribution in [1.82, 2.24) is 0 Å². The van der Waals surface area contributed by atoms with Crippen LogP contribution in [-0.4, -0.2) is 14.2 Å². The molecular formula is C17H20BrNO2. The normalized spacial score (nSPS) is 11.8. The van der Waals surface area contributed by atoms with E-state index in [9.17, 15) is 0 Å². The Kier molecular flexibility index (Phi) is 5.51. The van der Waals surface area contributed by atoms with E-state index in [0.29, 0.717) is 0 Å². The van der Waals surface area contributed by atoms with Crippen molar-refractivity contribution in [1.29, 1.82) is 0 Å². The summed E-state index contributed by atoms with van der Waals surface area (Å²) in [7, 11) is 3.37. The highest BCUT2D eigenvalue weighted by atomic mass is 79.9. The molecule has 0 saturated heterocycles. The van der Waals surface area contributed by atoms with Gasteiger partial charge in [0.25, 0.3) is 0 Å². The lowest BCUT2D eigenvalue weighted by atomic mass is 10.0. The fourth-order valence-corrected chi connectivity index (χ4v) is 2.64. The second-order valence-electron chi connectivity index (χ2n) is 4.69. The first-order valence-electron chi connectivity index (χ1n) is 6.92. The van der Waals surface area contributed by atoms with Gasteiger partial charge in [0.05, 0.1) is 25.9 Å². The molecule has 112 valence electrons. The predicted octanol–water partition coefficient (Wildman–Crippen LogP) is 5.03. The summed E-state index contributed by atoms with van der Waals surface area (Å²) >= 11 is 3.58. The van der Waals surface area contributed by atoms with Gasteiger partial charge in [0.2, 0.25) is 0 Å². The maximum Gasteiger partial charge on any atom is 0.124 e. The Morgan fingerprint density at radius 3 is 2.52 bits per heavy atom. The van der Waals surface area contributed by atoms with Gasteiger partial charge in [-0.3, -0.25) is 0 Å². The molecule has 0 saturated carbocycles. The lowest BCUT2D eigenvalue weighted by Crippen LogP contribution is -2.11. The van der Waals surface area contributed by atoms with E-state index in [1.165, 1.54) is 0 Å². The van der Waals surface area contributed by atoms with Gasteiger partial charge in [0, 0.05) is 16.1 Å². The van der Waals surface area contributed by atoms with Gasteiger partial charge in [-0.15, -0.1) is 0 Å². The third kappa shape index (κ3) is 3.70. The molecule has 0 spiro atoms. The Hall–Kier alpha value is -1.68. The molecule has 0 heterocycles. The fraction of sp³-hybridized carbons (Fsp3) is 0.294. The molecule has 0 aliphatic carbocycles. The lowest BCUT2D eigenvalue weighted by Gasteiger charge is -2.22. The number of methoxy groups -OCH3 is 2. The number of benzene rings is 2. The lowest BCUT2D eigenvalue weighted by molar-refractivity contribution is 0.406. The van der Waals surface area contributed by atoms with E-state index in [2.05, 4.69) is 34.2 Å². The number of nitrogens with one attached hydrogen (secondary N) is 1. The number of ether oxygens (including phenoxy) is 2. The summed E-state index contributed by atoms with van der Waals surface area (Å²) < 4.78 is 11.8. The van der Waals surface area contributed by atoms with Gasteiger partial charge in [-0.1, -0.05) is 25.1 Å². The van der Waals surface area contributed by atoms with Crippen molar-refractivity contribution in [2.75, 3.05) is 19.5 Å². The van der Waals surface area contributed by atoms with Gasteiger partial charge < -0.3 is 14.8 Å². The smallest absolute Gasteiger partial charge is 0.124 e. The Labute approximate surface area is 134 Å². The molecule has 1 atom stereocenters. The van der Waals surface area contributed by atoms with E-state index in [-0.39, 0.29) is 6.04 Å². The molecule has 3 nitrogen and oxygen atoms in total. The van der Waals surface area contributed by atoms with Crippen LogP contribution in [0.15, 0.2) is 46.9 Å². The first kappa shape index (κ1) is 15.7. The number of hydrogen-bond acceptors (Lipinski definition) is 3. The molecule has 0 aliphatic rings. The van der Waals surface area contributed by atoms with Crippen LogP contribution in [0.25, 0.3) is 0 Å². The van der Waals surface area contributed by atoms with Gasteiger partial charge in [0.15, 0.2) is 0 Å². The largest absolute Gasteiger partial charge is 0.497 e. The van der Waals surface area contributed by atoms with Gasteiger partial charge in [-0.2, -0.15) is 0 Å². The Morgan fingerprint density at radius 1 is 1.10 bits per heavy atom. The van der Waals surface area contributed by atoms with Crippen molar-refractivity contribution < 1.29 is 9.47 Å². The summed E-state index contributed by atoms with van der Waals surface area (Å²) in [5.74, 6) is 1.73. The quantitative estimate of drug-likeness (QED) is 0.793. The molecule has 2 aromatic rings. The fourth-order valence-electron chi connectivity index (χ4n) is 2.28. The first-order valence-corrected chi connectivity index (χ1v) is 7.71. The minimum absolute atomic E-state index is 0.171. The van der Waals surface area contributed by atoms with Crippen molar-refractivity contribution >= 4 is 21.6 Å². The van der Waals surface area contributed by atoms with Crippen LogP contribution in [-0.2, 0) is 0 Å². The summed E-state index contributed by atoms with van der Waals surface area (Å²) in [4.78, 5) is 0. The van der Waals surface area contributed by atoms with Crippen LogP contribution in [0.4, 0.5) is 5.69 Å². The highest BCUT2D eigenvalue weighted by molar-refractivity contribution is 9.10. The Balaban J connectivity index is 2.31. The van der Waals surface area contributed by atoms with Crippen molar-refractivity contribution in [3.63, 3.8) is 0 Å². The highest BCUT2D eigenvalue weighted by Gasteiger charge is 2.15. The monoisotopic (exact) mass is 349 g/mol. The molecule has 0 amide bonds. The van der Waals surface area contributed by atoms with Crippen LogP contribution >= 0.6 is 15.9 Å². The number of hydrogen-bond donors (Lipinski definition) is 1. The molecule has 0 fully saturated rings. The maximum absolute atomic E-state index is 5.46. The average Bonchev–Trinajstić information content (AvgIpc) is 2.54. The van der Waals surface area contributed by atoms with Crippen LogP contribution in [0.1, 0.15) is 24.9 Å². The second-order valence-corrected chi connectivity index (χ2v) is 5.55. The van der Waals surface area contributed by atoms with Crippen LogP contribution in [0.3, 0.4) is 0 Å². The van der Waals surface area contributed by atoms with E-state index < -0.39 is 0 Å². The standard InChI is InChI=1S/C17H20BrNO2/c1-4-15(13-7-5-6-8-17(13)21-3)19-16-11-12(20-2)9-10-14(16)18/h5-11,15,19H,4H2,1-3H3. The predicted molar refractivity (Wildman–Crippen MR) is 90.3 cm³/mol. The maximum atomic E-state index is 5.46. The molecule has 0 radical (unpaired) electrons. The summed E-state index contributed by atoms with van der Waals surface area (Å²) in [5, 5.41) is 3.56. The van der Waals surface area contributed by atoms with E-state index in [4.69, 9.17) is 9.47 Å². The zero-order valence-corrected chi connectivity index (χ0v) is 14.1. The SMILES string of the molecule is CCC(Nc1cc(OC)ccc1Br)c1ccccc1OC. The van der Waals surface area contributed by atoms with Crippen LogP contribution < -0.4 is 14.8 Å². The molecule has 0 bridgehead atoms. The van der Waals surface area contributed by atoms with Crippen LogP contribution in [0.2, 0.25) is 0 Å². The number of halogens is 1. The van der Waals surface area contributed by atoms with Crippen LogP contribution in [0, 0.1) is 0 Å². The molecule has 1 unspecified atom stereocenters. The van der Waals surface area contributed by atoms with E-state index in [1.54, 1.807) is 14.2 Å². The van der Waals surface area contributed by atoms with Crippen molar-refractivity contribution in [3.8, 4) is 11.5 Å². The minimum atomic E-state index is 0.171. The third-order valence-electron chi connectivity index (χ3n) is 3.43. The number of rotatable bonds is 6. The molecule has 21 heavy (non-hydrogen) atoms. The van der Waals surface area contributed by atoms with Gasteiger partial charge >= 0.3 is 0 Å². The van der Waals surface area contributed by atoms with Gasteiger partial charge in [-0.05, 0) is 40.5 Å². The van der Waals surface area contributed by atoms with Crippen molar-refractivity contribution in [2.45, 2.75) is 19.4 Å². The Morgan fingerprint density at radius 2 is 1.86 bits per heavy atom. The molecule has 0 aromatic heterocycles. The summed E-state index contributed by atoms with van der Waals surface area (Å²) in [6.07, 6.45) is 0.948. The molecule has 2 aromatic carbocycles. The molecule has 4 heteroatoms. The van der Waals surface area contributed by atoms with Crippen molar-refractivity contribution in [3.05, 3.63) is 52.5 Å². The molecule has 1 N–H and O–H groups in total. The second kappa shape index (κ2) is 7.36. The topological polar surface area (TPSA) is 30.5 Å². The first-order chi connectivity index (χ1) is 10.2. The van der Waals surface area contributed by atoms with E-state index in [0.717, 1.165) is 33.6 Å².